The second kappa shape index (κ2) is 11.1. The number of hydrogen-bond acceptors (Lipinski definition) is 7. The molecule has 0 atom stereocenters. The second-order valence-electron chi connectivity index (χ2n) is 6.74. The SMILES string of the molecule is CCOc1ccc(C=C2SC(=O)N(CC(=O)Nc3ccc(OC)c(Cl)c3)C2=O)cc1OCC. The molecule has 1 fully saturated rings. The molecule has 2 aromatic carbocycles. The van der Waals surface area contributed by atoms with Gasteiger partial charge in [0.2, 0.25) is 5.91 Å². The minimum absolute atomic E-state index is 0.215. The van der Waals surface area contributed by atoms with Crippen LogP contribution < -0.4 is 19.5 Å². The number of anilines is 1. The number of nitrogens with one attached hydrogen (secondary N) is 1. The molecular weight excluding hydrogens is 468 g/mol. The normalized spacial score (nSPS) is 14.5. The van der Waals surface area contributed by atoms with Gasteiger partial charge in [-0.3, -0.25) is 19.3 Å². The molecule has 0 aliphatic carbocycles. The Morgan fingerprint density at radius 2 is 1.76 bits per heavy atom. The van der Waals surface area contributed by atoms with Crippen molar-refractivity contribution in [2.75, 3.05) is 32.2 Å². The van der Waals surface area contributed by atoms with Gasteiger partial charge in [-0.05, 0) is 67.6 Å². The Balaban J connectivity index is 1.71. The van der Waals surface area contributed by atoms with Crippen molar-refractivity contribution >= 4 is 52.2 Å². The zero-order valence-electron chi connectivity index (χ0n) is 18.3. The van der Waals surface area contributed by atoms with Crippen LogP contribution >= 0.6 is 23.4 Å². The summed E-state index contributed by atoms with van der Waals surface area (Å²) < 4.78 is 16.2. The monoisotopic (exact) mass is 490 g/mol. The number of imide groups is 1. The number of thioether (sulfide) groups is 1. The molecule has 33 heavy (non-hydrogen) atoms. The predicted octanol–water partition coefficient (Wildman–Crippen LogP) is 4.82. The van der Waals surface area contributed by atoms with Crippen LogP contribution in [-0.4, -0.2) is 48.8 Å². The van der Waals surface area contributed by atoms with E-state index < -0.39 is 23.6 Å². The Bertz CT molecular complexity index is 1100. The molecule has 2 aromatic rings. The molecule has 1 aliphatic heterocycles. The average Bonchev–Trinajstić information content (AvgIpc) is 3.03. The van der Waals surface area contributed by atoms with E-state index in [0.29, 0.717) is 46.7 Å². The standard InChI is InChI=1S/C23H23ClN2O6S/c1-4-31-18-8-6-14(10-19(18)32-5-2)11-20-22(28)26(23(29)33-20)13-21(27)25-15-7-9-17(30-3)16(24)12-15/h6-12H,4-5,13H2,1-3H3,(H,25,27). The number of carbonyl (C=O) groups is 3. The van der Waals surface area contributed by atoms with E-state index >= 15 is 0 Å². The molecule has 1 heterocycles. The van der Waals surface area contributed by atoms with Crippen molar-refractivity contribution in [2.24, 2.45) is 0 Å². The highest BCUT2D eigenvalue weighted by Gasteiger charge is 2.36. The van der Waals surface area contributed by atoms with Crippen LogP contribution in [0.25, 0.3) is 6.08 Å². The molecule has 174 valence electrons. The van der Waals surface area contributed by atoms with E-state index in [2.05, 4.69) is 5.32 Å². The Morgan fingerprint density at radius 3 is 2.42 bits per heavy atom. The maximum Gasteiger partial charge on any atom is 0.294 e. The summed E-state index contributed by atoms with van der Waals surface area (Å²) in [5.74, 6) is 0.538. The topological polar surface area (TPSA) is 94.2 Å². The summed E-state index contributed by atoms with van der Waals surface area (Å²) in [6, 6.07) is 9.99. The molecule has 0 bridgehead atoms. The summed E-state index contributed by atoms with van der Waals surface area (Å²) in [6.45, 7) is 4.26. The van der Waals surface area contributed by atoms with Crippen molar-refractivity contribution < 1.29 is 28.6 Å². The second-order valence-corrected chi connectivity index (χ2v) is 8.14. The van der Waals surface area contributed by atoms with Crippen LogP contribution in [0.5, 0.6) is 17.2 Å². The van der Waals surface area contributed by atoms with Crippen molar-refractivity contribution in [3.8, 4) is 17.2 Å². The van der Waals surface area contributed by atoms with Gasteiger partial charge in [-0.15, -0.1) is 0 Å². The predicted molar refractivity (Wildman–Crippen MR) is 128 cm³/mol. The summed E-state index contributed by atoms with van der Waals surface area (Å²) in [5.41, 5.74) is 1.09. The fraction of sp³-hybridized carbons (Fsp3) is 0.261. The third-order valence-corrected chi connectivity index (χ3v) is 5.68. The van der Waals surface area contributed by atoms with E-state index in [-0.39, 0.29) is 4.91 Å². The van der Waals surface area contributed by atoms with Crippen LogP contribution in [-0.2, 0) is 9.59 Å². The van der Waals surface area contributed by atoms with Crippen LogP contribution in [0.4, 0.5) is 10.5 Å². The third kappa shape index (κ3) is 6.00. The highest BCUT2D eigenvalue weighted by Crippen LogP contribution is 2.35. The van der Waals surface area contributed by atoms with E-state index in [1.807, 2.05) is 13.8 Å². The van der Waals surface area contributed by atoms with Gasteiger partial charge < -0.3 is 19.5 Å². The molecule has 3 rings (SSSR count). The highest BCUT2D eigenvalue weighted by molar-refractivity contribution is 8.18. The molecule has 8 nitrogen and oxygen atoms in total. The van der Waals surface area contributed by atoms with E-state index in [9.17, 15) is 14.4 Å². The van der Waals surface area contributed by atoms with Gasteiger partial charge in [-0.25, -0.2) is 0 Å². The Kier molecular flexibility index (Phi) is 8.24. The van der Waals surface area contributed by atoms with Gasteiger partial charge in [-0.2, -0.15) is 0 Å². The number of rotatable bonds is 9. The number of methoxy groups -OCH3 is 1. The summed E-state index contributed by atoms with van der Waals surface area (Å²) >= 11 is 6.84. The molecule has 1 N–H and O–H groups in total. The van der Waals surface area contributed by atoms with Gasteiger partial charge in [0.25, 0.3) is 11.1 Å². The Labute approximate surface area is 200 Å². The fourth-order valence-corrected chi connectivity index (χ4v) is 4.13. The number of hydrogen-bond donors (Lipinski definition) is 1. The molecule has 0 saturated carbocycles. The molecular formula is C23H23ClN2O6S. The number of nitrogens with zero attached hydrogens (tertiary/aromatic N) is 1. The smallest absolute Gasteiger partial charge is 0.294 e. The lowest BCUT2D eigenvalue weighted by atomic mass is 10.2. The highest BCUT2D eigenvalue weighted by atomic mass is 35.5. The van der Waals surface area contributed by atoms with E-state index in [1.165, 1.54) is 13.2 Å². The summed E-state index contributed by atoms with van der Waals surface area (Å²) in [4.78, 5) is 38.7. The Hall–Kier alpha value is -3.17. The van der Waals surface area contributed by atoms with Crippen molar-refractivity contribution in [2.45, 2.75) is 13.8 Å². The molecule has 0 radical (unpaired) electrons. The zero-order chi connectivity index (χ0) is 24.0. The maximum atomic E-state index is 12.8. The molecule has 0 unspecified atom stereocenters. The van der Waals surface area contributed by atoms with Crippen LogP contribution in [0, 0.1) is 0 Å². The fourth-order valence-electron chi connectivity index (χ4n) is 3.03. The molecule has 1 aliphatic rings. The summed E-state index contributed by atoms with van der Waals surface area (Å²) in [7, 11) is 1.48. The minimum Gasteiger partial charge on any atom is -0.495 e. The molecule has 0 aromatic heterocycles. The van der Waals surface area contributed by atoms with Gasteiger partial charge in [0.15, 0.2) is 11.5 Å². The van der Waals surface area contributed by atoms with Crippen molar-refractivity contribution in [3.63, 3.8) is 0 Å². The number of benzene rings is 2. The van der Waals surface area contributed by atoms with Gasteiger partial charge in [0.1, 0.15) is 12.3 Å². The lowest BCUT2D eigenvalue weighted by Gasteiger charge is -2.13. The maximum absolute atomic E-state index is 12.8. The molecule has 10 heteroatoms. The average molecular weight is 491 g/mol. The number of carbonyl (C=O) groups excluding carboxylic acids is 3. The van der Waals surface area contributed by atoms with Crippen molar-refractivity contribution in [1.29, 1.82) is 0 Å². The first-order valence-corrected chi connectivity index (χ1v) is 11.3. The van der Waals surface area contributed by atoms with Crippen LogP contribution in [0.3, 0.4) is 0 Å². The van der Waals surface area contributed by atoms with Crippen LogP contribution in [0.2, 0.25) is 5.02 Å². The number of ether oxygens (including phenoxy) is 3. The van der Waals surface area contributed by atoms with Gasteiger partial charge >= 0.3 is 0 Å². The summed E-state index contributed by atoms with van der Waals surface area (Å²) in [6.07, 6.45) is 1.59. The molecule has 1 saturated heterocycles. The molecule has 0 spiro atoms. The van der Waals surface area contributed by atoms with Crippen LogP contribution in [0.15, 0.2) is 41.3 Å². The van der Waals surface area contributed by atoms with Crippen molar-refractivity contribution in [3.05, 3.63) is 51.9 Å². The zero-order valence-corrected chi connectivity index (χ0v) is 19.9. The lowest BCUT2D eigenvalue weighted by molar-refractivity contribution is -0.127. The van der Waals surface area contributed by atoms with Gasteiger partial charge in [-0.1, -0.05) is 17.7 Å². The molecule has 3 amide bonds. The first-order valence-electron chi connectivity index (χ1n) is 10.1. The quantitative estimate of drug-likeness (QED) is 0.503. The Morgan fingerprint density at radius 1 is 1.06 bits per heavy atom. The van der Waals surface area contributed by atoms with Gasteiger partial charge in [0.05, 0.1) is 30.3 Å². The minimum atomic E-state index is -0.542. The number of halogens is 1. The number of amides is 3. The first-order chi connectivity index (χ1) is 15.9. The lowest BCUT2D eigenvalue weighted by Crippen LogP contribution is -2.36. The van der Waals surface area contributed by atoms with Crippen molar-refractivity contribution in [1.82, 2.24) is 4.90 Å². The van der Waals surface area contributed by atoms with Crippen LogP contribution in [0.1, 0.15) is 19.4 Å². The van der Waals surface area contributed by atoms with E-state index in [1.54, 1.807) is 36.4 Å². The van der Waals surface area contributed by atoms with Gasteiger partial charge in [0, 0.05) is 5.69 Å². The largest absolute Gasteiger partial charge is 0.495 e. The van der Waals surface area contributed by atoms with E-state index in [4.69, 9.17) is 25.8 Å². The first kappa shape index (κ1) is 24.5. The van der Waals surface area contributed by atoms with E-state index in [0.717, 1.165) is 16.7 Å². The summed E-state index contributed by atoms with van der Waals surface area (Å²) in [5, 5.41) is 2.42. The third-order valence-electron chi connectivity index (χ3n) is 4.48.